The van der Waals surface area contributed by atoms with Gasteiger partial charge in [-0.25, -0.2) is 0 Å². The van der Waals surface area contributed by atoms with Crippen LogP contribution in [0.15, 0.2) is 67.0 Å². The summed E-state index contributed by atoms with van der Waals surface area (Å²) < 4.78 is 2.02. The Morgan fingerprint density at radius 2 is 1.80 bits per heavy atom. The zero-order chi connectivity index (χ0) is 17.8. The van der Waals surface area contributed by atoms with Crippen LogP contribution in [0.1, 0.15) is 15.9 Å². The van der Waals surface area contributed by atoms with E-state index in [1.165, 1.54) is 0 Å². The number of carbonyl (C=O) groups is 1. The molecule has 2 N–H and O–H groups in total. The minimum absolute atomic E-state index is 0.215. The number of carbonyl (C=O) groups excluding carboxylic acids is 1. The number of hydrogen-bond acceptors (Lipinski definition) is 2. The molecule has 0 aliphatic heterocycles. The SMILES string of the molecule is Cc1ccc(NC(=S)NC(=O)c2ccccc2Cl)cc1-n1cccc1. The molecule has 4 nitrogen and oxygen atoms in total. The van der Waals surface area contributed by atoms with Gasteiger partial charge in [-0.05, 0) is 61.1 Å². The van der Waals surface area contributed by atoms with E-state index in [0.717, 1.165) is 16.9 Å². The molecule has 0 saturated carbocycles. The lowest BCUT2D eigenvalue weighted by molar-refractivity contribution is 0.0978. The number of aryl methyl sites for hydroxylation is 1. The number of rotatable bonds is 3. The van der Waals surface area contributed by atoms with Gasteiger partial charge in [-0.3, -0.25) is 10.1 Å². The maximum atomic E-state index is 12.2. The van der Waals surface area contributed by atoms with Gasteiger partial charge >= 0.3 is 0 Å². The van der Waals surface area contributed by atoms with Crippen molar-refractivity contribution in [3.63, 3.8) is 0 Å². The third kappa shape index (κ3) is 4.07. The number of amides is 1. The van der Waals surface area contributed by atoms with Crippen molar-refractivity contribution in [3.05, 3.63) is 83.1 Å². The minimum Gasteiger partial charge on any atom is -0.332 e. The molecule has 1 amide bonds. The predicted molar refractivity (Wildman–Crippen MR) is 106 cm³/mol. The maximum Gasteiger partial charge on any atom is 0.258 e. The molecule has 3 rings (SSSR count). The van der Waals surface area contributed by atoms with Crippen LogP contribution in [0.5, 0.6) is 0 Å². The molecule has 0 aliphatic carbocycles. The zero-order valence-corrected chi connectivity index (χ0v) is 15.1. The van der Waals surface area contributed by atoms with Gasteiger partial charge in [0.2, 0.25) is 0 Å². The van der Waals surface area contributed by atoms with E-state index in [9.17, 15) is 4.79 Å². The van der Waals surface area contributed by atoms with Crippen LogP contribution in [-0.4, -0.2) is 15.6 Å². The number of halogens is 1. The van der Waals surface area contributed by atoms with Crippen molar-refractivity contribution in [2.45, 2.75) is 6.92 Å². The molecule has 0 spiro atoms. The lowest BCUT2D eigenvalue weighted by atomic mass is 10.2. The van der Waals surface area contributed by atoms with Crippen molar-refractivity contribution >= 4 is 40.5 Å². The Labute approximate surface area is 156 Å². The minimum atomic E-state index is -0.346. The van der Waals surface area contributed by atoms with Gasteiger partial charge in [0, 0.05) is 23.8 Å². The number of hydrogen-bond donors (Lipinski definition) is 2. The first kappa shape index (κ1) is 17.2. The van der Waals surface area contributed by atoms with E-state index in [-0.39, 0.29) is 11.0 Å². The Morgan fingerprint density at radius 3 is 2.52 bits per heavy atom. The topological polar surface area (TPSA) is 46.1 Å². The smallest absolute Gasteiger partial charge is 0.258 e. The van der Waals surface area contributed by atoms with Crippen molar-refractivity contribution < 1.29 is 4.79 Å². The quantitative estimate of drug-likeness (QED) is 0.665. The molecule has 3 aromatic rings. The van der Waals surface area contributed by atoms with Crippen LogP contribution in [0.3, 0.4) is 0 Å². The molecule has 0 unspecified atom stereocenters. The number of thiocarbonyl (C=S) groups is 1. The molecule has 25 heavy (non-hydrogen) atoms. The van der Waals surface area contributed by atoms with E-state index in [4.69, 9.17) is 23.8 Å². The Bertz CT molecular complexity index is 922. The molecule has 6 heteroatoms. The molecule has 126 valence electrons. The lowest BCUT2D eigenvalue weighted by Gasteiger charge is -2.13. The van der Waals surface area contributed by atoms with Gasteiger partial charge in [0.25, 0.3) is 5.91 Å². The second kappa shape index (κ2) is 7.51. The van der Waals surface area contributed by atoms with Gasteiger partial charge < -0.3 is 9.88 Å². The Balaban J connectivity index is 1.72. The van der Waals surface area contributed by atoms with Crippen LogP contribution in [0, 0.1) is 6.92 Å². The molecular weight excluding hydrogens is 354 g/mol. The third-order valence-electron chi connectivity index (χ3n) is 3.70. The summed E-state index contributed by atoms with van der Waals surface area (Å²) in [5.41, 5.74) is 3.34. The van der Waals surface area contributed by atoms with E-state index in [1.807, 2.05) is 54.2 Å². The highest BCUT2D eigenvalue weighted by Gasteiger charge is 2.11. The molecule has 1 heterocycles. The molecule has 2 aromatic carbocycles. The summed E-state index contributed by atoms with van der Waals surface area (Å²) in [5.74, 6) is -0.346. The van der Waals surface area contributed by atoms with Gasteiger partial charge in [0.05, 0.1) is 10.6 Å². The van der Waals surface area contributed by atoms with Crippen molar-refractivity contribution in [2.75, 3.05) is 5.32 Å². The summed E-state index contributed by atoms with van der Waals surface area (Å²) in [6.45, 7) is 2.04. The van der Waals surface area contributed by atoms with Crippen LogP contribution in [0.2, 0.25) is 5.02 Å². The highest BCUT2D eigenvalue weighted by atomic mass is 35.5. The first-order valence-corrected chi connectivity index (χ1v) is 8.44. The van der Waals surface area contributed by atoms with Gasteiger partial charge in [-0.2, -0.15) is 0 Å². The highest BCUT2D eigenvalue weighted by molar-refractivity contribution is 7.80. The molecule has 0 atom stereocenters. The van der Waals surface area contributed by atoms with Crippen LogP contribution >= 0.6 is 23.8 Å². The number of nitrogens with one attached hydrogen (secondary N) is 2. The molecule has 0 aliphatic rings. The lowest BCUT2D eigenvalue weighted by Crippen LogP contribution is -2.34. The highest BCUT2D eigenvalue weighted by Crippen LogP contribution is 2.20. The van der Waals surface area contributed by atoms with Gasteiger partial charge in [-0.15, -0.1) is 0 Å². The maximum absolute atomic E-state index is 12.2. The fourth-order valence-corrected chi connectivity index (χ4v) is 2.87. The van der Waals surface area contributed by atoms with Crippen LogP contribution in [0.4, 0.5) is 5.69 Å². The Morgan fingerprint density at radius 1 is 1.08 bits per heavy atom. The van der Waals surface area contributed by atoms with Crippen molar-refractivity contribution in [1.29, 1.82) is 0 Å². The second-order valence-electron chi connectivity index (χ2n) is 5.48. The van der Waals surface area contributed by atoms with Crippen LogP contribution in [-0.2, 0) is 0 Å². The molecule has 0 bridgehead atoms. The normalized spacial score (nSPS) is 10.3. The first-order valence-electron chi connectivity index (χ1n) is 7.65. The van der Waals surface area contributed by atoms with Gasteiger partial charge in [0.15, 0.2) is 5.11 Å². The fourth-order valence-electron chi connectivity index (χ4n) is 2.44. The summed E-state index contributed by atoms with van der Waals surface area (Å²) in [6, 6.07) is 16.6. The van der Waals surface area contributed by atoms with Crippen LogP contribution in [0.25, 0.3) is 5.69 Å². The fraction of sp³-hybridized carbons (Fsp3) is 0.0526. The monoisotopic (exact) mass is 369 g/mol. The van der Waals surface area contributed by atoms with Crippen LogP contribution < -0.4 is 10.6 Å². The Kier molecular flexibility index (Phi) is 5.16. The summed E-state index contributed by atoms with van der Waals surface area (Å²) >= 11 is 11.3. The van der Waals surface area contributed by atoms with E-state index in [0.29, 0.717) is 10.6 Å². The molecule has 0 fully saturated rings. The molecule has 1 aromatic heterocycles. The number of anilines is 1. The summed E-state index contributed by atoms with van der Waals surface area (Å²) in [5, 5.41) is 6.28. The van der Waals surface area contributed by atoms with Crippen molar-refractivity contribution in [1.82, 2.24) is 9.88 Å². The van der Waals surface area contributed by atoms with Crippen molar-refractivity contribution in [3.8, 4) is 5.69 Å². The van der Waals surface area contributed by atoms with E-state index in [2.05, 4.69) is 10.6 Å². The largest absolute Gasteiger partial charge is 0.332 e. The van der Waals surface area contributed by atoms with E-state index >= 15 is 0 Å². The second-order valence-corrected chi connectivity index (χ2v) is 6.30. The van der Waals surface area contributed by atoms with Gasteiger partial charge in [0.1, 0.15) is 0 Å². The number of aromatic nitrogens is 1. The van der Waals surface area contributed by atoms with E-state index < -0.39 is 0 Å². The molecule has 0 saturated heterocycles. The molecule has 0 radical (unpaired) electrons. The van der Waals surface area contributed by atoms with Gasteiger partial charge in [-0.1, -0.05) is 29.8 Å². The molecular formula is C19H16ClN3OS. The number of nitrogens with zero attached hydrogens (tertiary/aromatic N) is 1. The Hall–Kier alpha value is -2.63. The zero-order valence-electron chi connectivity index (χ0n) is 13.5. The summed E-state index contributed by atoms with van der Waals surface area (Å²) in [4.78, 5) is 12.2. The number of benzene rings is 2. The predicted octanol–water partition coefficient (Wildman–Crippen LogP) is 4.57. The average molecular weight is 370 g/mol. The third-order valence-corrected chi connectivity index (χ3v) is 4.23. The summed E-state index contributed by atoms with van der Waals surface area (Å²) in [7, 11) is 0. The standard InChI is InChI=1S/C19H16ClN3OS/c1-13-8-9-14(12-17(13)23-10-4-5-11-23)21-19(25)22-18(24)15-6-2-3-7-16(15)20/h2-12H,1H3,(H2,21,22,24,25). The van der Waals surface area contributed by atoms with Crippen molar-refractivity contribution in [2.24, 2.45) is 0 Å². The first-order chi connectivity index (χ1) is 12.0. The average Bonchev–Trinajstić information content (AvgIpc) is 3.11. The summed E-state index contributed by atoms with van der Waals surface area (Å²) in [6.07, 6.45) is 3.95. The van der Waals surface area contributed by atoms with E-state index in [1.54, 1.807) is 24.3 Å².